The Kier molecular flexibility index (Phi) is 4.36. The molecule has 4 rings (SSSR count). The lowest BCUT2D eigenvalue weighted by Gasteiger charge is -2.32. The Morgan fingerprint density at radius 1 is 1.00 bits per heavy atom. The van der Waals surface area contributed by atoms with Gasteiger partial charge in [-0.2, -0.15) is 0 Å². The van der Waals surface area contributed by atoms with E-state index in [4.69, 9.17) is 0 Å². The standard InChI is InChI=1S/C19H23N5O/c1-22-9-11-23(12-10-22)19(25)16-13-21-18(14-20-16)24-8-4-6-15-5-2-3-7-17(15)24/h2-3,5,7,13-14H,4,6,8-12H2,1H3. The van der Waals surface area contributed by atoms with Crippen molar-refractivity contribution in [2.24, 2.45) is 0 Å². The van der Waals surface area contributed by atoms with Crippen LogP contribution in [0.2, 0.25) is 0 Å². The summed E-state index contributed by atoms with van der Waals surface area (Å²) >= 11 is 0. The van der Waals surface area contributed by atoms with E-state index in [-0.39, 0.29) is 5.91 Å². The third-order valence-electron chi connectivity index (χ3n) is 5.03. The monoisotopic (exact) mass is 337 g/mol. The first kappa shape index (κ1) is 16.0. The van der Waals surface area contributed by atoms with Crippen molar-refractivity contribution in [1.29, 1.82) is 0 Å². The molecular formula is C19H23N5O. The van der Waals surface area contributed by atoms with Crippen LogP contribution in [-0.4, -0.2) is 65.4 Å². The van der Waals surface area contributed by atoms with Crippen LogP contribution in [0.4, 0.5) is 11.5 Å². The summed E-state index contributed by atoms with van der Waals surface area (Å²) in [6.45, 7) is 4.23. The van der Waals surface area contributed by atoms with Crippen molar-refractivity contribution in [3.8, 4) is 0 Å². The molecule has 0 spiro atoms. The maximum atomic E-state index is 12.6. The number of aryl methyl sites for hydroxylation is 1. The van der Waals surface area contributed by atoms with Crippen molar-refractivity contribution in [1.82, 2.24) is 19.8 Å². The van der Waals surface area contributed by atoms with E-state index in [0.717, 1.165) is 51.4 Å². The van der Waals surface area contributed by atoms with E-state index in [1.807, 2.05) is 4.90 Å². The predicted octanol–water partition coefficient (Wildman–Crippen LogP) is 1.95. The largest absolute Gasteiger partial charge is 0.335 e. The van der Waals surface area contributed by atoms with E-state index in [0.29, 0.717) is 5.69 Å². The molecule has 2 aliphatic heterocycles. The lowest BCUT2D eigenvalue weighted by Crippen LogP contribution is -2.47. The highest BCUT2D eigenvalue weighted by Crippen LogP contribution is 2.31. The van der Waals surface area contributed by atoms with Gasteiger partial charge in [0.05, 0.1) is 12.4 Å². The number of aromatic nitrogens is 2. The molecule has 0 bridgehead atoms. The number of amides is 1. The number of para-hydroxylation sites is 1. The Morgan fingerprint density at radius 2 is 1.80 bits per heavy atom. The van der Waals surface area contributed by atoms with Crippen molar-refractivity contribution in [3.63, 3.8) is 0 Å². The van der Waals surface area contributed by atoms with E-state index in [9.17, 15) is 4.79 Å². The van der Waals surface area contributed by atoms with Crippen LogP contribution >= 0.6 is 0 Å². The minimum atomic E-state index is -0.0220. The van der Waals surface area contributed by atoms with E-state index in [2.05, 4.69) is 51.1 Å². The smallest absolute Gasteiger partial charge is 0.274 e. The number of benzene rings is 1. The zero-order chi connectivity index (χ0) is 17.2. The maximum absolute atomic E-state index is 12.6. The average Bonchev–Trinajstić information content (AvgIpc) is 2.68. The lowest BCUT2D eigenvalue weighted by atomic mass is 10.0. The summed E-state index contributed by atoms with van der Waals surface area (Å²) in [5, 5.41) is 0. The summed E-state index contributed by atoms with van der Waals surface area (Å²) in [5.41, 5.74) is 2.97. The van der Waals surface area contributed by atoms with Crippen molar-refractivity contribution in [2.75, 3.05) is 44.7 Å². The SMILES string of the molecule is CN1CCN(C(=O)c2cnc(N3CCCc4ccccc43)cn2)CC1. The Bertz CT molecular complexity index is 753. The van der Waals surface area contributed by atoms with Gasteiger partial charge < -0.3 is 14.7 Å². The van der Waals surface area contributed by atoms with Crippen LogP contribution in [0.25, 0.3) is 0 Å². The number of hydrogen-bond acceptors (Lipinski definition) is 5. The summed E-state index contributed by atoms with van der Waals surface area (Å²) < 4.78 is 0. The molecule has 1 amide bonds. The maximum Gasteiger partial charge on any atom is 0.274 e. The van der Waals surface area contributed by atoms with Gasteiger partial charge in [-0.3, -0.25) is 4.79 Å². The summed E-state index contributed by atoms with van der Waals surface area (Å²) in [5.74, 6) is 0.785. The van der Waals surface area contributed by atoms with Crippen LogP contribution in [0.5, 0.6) is 0 Å². The molecule has 1 aromatic heterocycles. The van der Waals surface area contributed by atoms with Gasteiger partial charge in [0.1, 0.15) is 5.69 Å². The van der Waals surface area contributed by atoms with Gasteiger partial charge in [0.15, 0.2) is 5.82 Å². The molecule has 1 saturated heterocycles. The average molecular weight is 337 g/mol. The van der Waals surface area contributed by atoms with Crippen LogP contribution < -0.4 is 4.90 Å². The van der Waals surface area contributed by atoms with Gasteiger partial charge in [-0.15, -0.1) is 0 Å². The first-order valence-electron chi connectivity index (χ1n) is 8.88. The van der Waals surface area contributed by atoms with Gasteiger partial charge in [0.2, 0.25) is 0 Å². The van der Waals surface area contributed by atoms with Gasteiger partial charge in [-0.1, -0.05) is 18.2 Å². The van der Waals surface area contributed by atoms with Gasteiger partial charge >= 0.3 is 0 Å². The lowest BCUT2D eigenvalue weighted by molar-refractivity contribution is 0.0658. The number of anilines is 2. The quantitative estimate of drug-likeness (QED) is 0.838. The minimum Gasteiger partial charge on any atom is -0.335 e. The number of nitrogens with zero attached hydrogens (tertiary/aromatic N) is 5. The van der Waals surface area contributed by atoms with Crippen LogP contribution in [0.1, 0.15) is 22.5 Å². The summed E-state index contributed by atoms with van der Waals surface area (Å²) in [4.78, 5) is 27.8. The fourth-order valence-corrected chi connectivity index (χ4v) is 3.51. The fourth-order valence-electron chi connectivity index (χ4n) is 3.51. The Balaban J connectivity index is 1.52. The van der Waals surface area contributed by atoms with Gasteiger partial charge in [-0.05, 0) is 31.5 Å². The number of fused-ring (bicyclic) bond motifs is 1. The molecule has 2 aromatic rings. The van der Waals surface area contributed by atoms with Crippen molar-refractivity contribution in [2.45, 2.75) is 12.8 Å². The summed E-state index contributed by atoms with van der Waals surface area (Å²) in [6.07, 6.45) is 5.54. The van der Waals surface area contributed by atoms with Gasteiger partial charge in [-0.25, -0.2) is 9.97 Å². The number of rotatable bonds is 2. The molecule has 0 radical (unpaired) electrons. The number of likely N-dealkylation sites (N-methyl/N-ethyl adjacent to an activating group) is 1. The Morgan fingerprint density at radius 3 is 2.56 bits per heavy atom. The molecule has 0 atom stereocenters. The fraction of sp³-hybridized carbons (Fsp3) is 0.421. The van der Waals surface area contributed by atoms with E-state index >= 15 is 0 Å². The minimum absolute atomic E-state index is 0.0220. The zero-order valence-electron chi connectivity index (χ0n) is 14.6. The molecule has 2 aliphatic rings. The van der Waals surface area contributed by atoms with Crippen molar-refractivity contribution < 1.29 is 4.79 Å². The molecular weight excluding hydrogens is 314 g/mol. The molecule has 0 N–H and O–H groups in total. The molecule has 0 aliphatic carbocycles. The highest BCUT2D eigenvalue weighted by atomic mass is 16.2. The Labute approximate surface area is 148 Å². The molecule has 130 valence electrons. The third kappa shape index (κ3) is 3.22. The van der Waals surface area contributed by atoms with E-state index in [1.165, 1.54) is 11.3 Å². The van der Waals surface area contributed by atoms with Gasteiger partial charge in [0, 0.05) is 38.4 Å². The first-order valence-corrected chi connectivity index (χ1v) is 8.88. The summed E-state index contributed by atoms with van der Waals surface area (Å²) in [7, 11) is 2.08. The van der Waals surface area contributed by atoms with Crippen molar-refractivity contribution >= 4 is 17.4 Å². The Hall–Kier alpha value is -2.47. The topological polar surface area (TPSA) is 52.6 Å². The zero-order valence-corrected chi connectivity index (χ0v) is 14.6. The van der Waals surface area contributed by atoms with Crippen LogP contribution in [0.15, 0.2) is 36.7 Å². The summed E-state index contributed by atoms with van der Waals surface area (Å²) in [6, 6.07) is 8.42. The highest BCUT2D eigenvalue weighted by molar-refractivity contribution is 5.92. The molecule has 0 saturated carbocycles. The number of carbonyl (C=O) groups excluding carboxylic acids is 1. The van der Waals surface area contributed by atoms with Crippen LogP contribution in [-0.2, 0) is 6.42 Å². The second kappa shape index (κ2) is 6.80. The van der Waals surface area contributed by atoms with Crippen LogP contribution in [0, 0.1) is 0 Å². The molecule has 1 fully saturated rings. The second-order valence-corrected chi connectivity index (χ2v) is 6.74. The molecule has 1 aromatic carbocycles. The molecule has 25 heavy (non-hydrogen) atoms. The van der Waals surface area contributed by atoms with Crippen LogP contribution in [0.3, 0.4) is 0 Å². The predicted molar refractivity (Wildman–Crippen MR) is 97.2 cm³/mol. The highest BCUT2D eigenvalue weighted by Gasteiger charge is 2.23. The first-order chi connectivity index (χ1) is 12.2. The molecule has 0 unspecified atom stereocenters. The van der Waals surface area contributed by atoms with E-state index in [1.54, 1.807) is 12.4 Å². The number of piperazine rings is 1. The van der Waals surface area contributed by atoms with Gasteiger partial charge in [0.25, 0.3) is 5.91 Å². The number of hydrogen-bond donors (Lipinski definition) is 0. The second-order valence-electron chi connectivity index (χ2n) is 6.74. The molecule has 6 nitrogen and oxygen atoms in total. The normalized spacial score (nSPS) is 18.1. The van der Waals surface area contributed by atoms with E-state index < -0.39 is 0 Å². The number of carbonyl (C=O) groups is 1. The molecule has 6 heteroatoms. The molecule has 3 heterocycles. The third-order valence-corrected chi connectivity index (χ3v) is 5.03. The van der Waals surface area contributed by atoms with Crippen molar-refractivity contribution in [3.05, 3.63) is 47.9 Å².